The molecular formula is C30H27N3O4. The second-order valence-electron chi connectivity index (χ2n) is 9.62. The van der Waals surface area contributed by atoms with Crippen molar-refractivity contribution in [1.82, 2.24) is 0 Å². The van der Waals surface area contributed by atoms with Gasteiger partial charge in [-0.1, -0.05) is 35.4 Å². The Morgan fingerprint density at radius 1 is 0.757 bits per heavy atom. The van der Waals surface area contributed by atoms with Crippen LogP contribution in [0.15, 0.2) is 84.4 Å². The Balaban J connectivity index is 1.25. The Kier molecular flexibility index (Phi) is 6.44. The van der Waals surface area contributed by atoms with E-state index in [1.807, 2.05) is 32.1 Å². The second kappa shape index (κ2) is 9.85. The van der Waals surface area contributed by atoms with Gasteiger partial charge in [0.05, 0.1) is 17.5 Å². The molecule has 3 aromatic rings. The lowest BCUT2D eigenvalue weighted by Crippen LogP contribution is -2.31. The third kappa shape index (κ3) is 4.93. The molecule has 1 aliphatic heterocycles. The Bertz CT molecular complexity index is 1420. The van der Waals surface area contributed by atoms with Gasteiger partial charge in [0.15, 0.2) is 0 Å². The van der Waals surface area contributed by atoms with Crippen molar-refractivity contribution in [1.29, 1.82) is 0 Å². The first-order valence-corrected chi connectivity index (χ1v) is 12.2. The lowest BCUT2D eigenvalue weighted by atomic mass is 9.82. The van der Waals surface area contributed by atoms with Crippen LogP contribution in [0, 0.1) is 18.8 Å². The minimum absolute atomic E-state index is 0.205. The maximum Gasteiger partial charge on any atom is 0.255 e. The number of aryl methyl sites for hydroxylation is 1. The number of carbonyl (C=O) groups is 4. The molecule has 0 radical (unpaired) electrons. The van der Waals surface area contributed by atoms with Gasteiger partial charge in [-0.15, -0.1) is 0 Å². The van der Waals surface area contributed by atoms with Gasteiger partial charge in [0.2, 0.25) is 11.8 Å². The zero-order chi connectivity index (χ0) is 26.1. The van der Waals surface area contributed by atoms with Crippen LogP contribution < -0.4 is 15.5 Å². The van der Waals surface area contributed by atoms with Gasteiger partial charge in [0.25, 0.3) is 11.8 Å². The summed E-state index contributed by atoms with van der Waals surface area (Å²) in [5, 5.41) is 5.66. The molecule has 5 rings (SSSR count). The van der Waals surface area contributed by atoms with Crippen LogP contribution >= 0.6 is 0 Å². The smallest absolute Gasteiger partial charge is 0.255 e. The van der Waals surface area contributed by atoms with E-state index in [1.165, 1.54) is 4.90 Å². The van der Waals surface area contributed by atoms with E-state index in [0.29, 0.717) is 41.0 Å². The standard InChI is InChI=1S/C30H27N3O4/c1-18-6-9-20(10-7-18)27(34)31-22-11-13-23(14-12-22)32-28(35)21-4-3-5-24(17-21)33-29(36)25-15-8-19(2)16-26(25)30(33)37/h3-14,17,25-26H,15-16H2,1-2H3,(H,31,34)(H,32,35)/t25-,26-/m1/s1. The monoisotopic (exact) mass is 493 g/mol. The number of nitrogens with one attached hydrogen (secondary N) is 2. The van der Waals surface area contributed by atoms with Crippen LogP contribution in [-0.2, 0) is 9.59 Å². The van der Waals surface area contributed by atoms with Gasteiger partial charge in [-0.05, 0) is 81.3 Å². The van der Waals surface area contributed by atoms with E-state index in [1.54, 1.807) is 60.7 Å². The average molecular weight is 494 g/mol. The first-order chi connectivity index (χ1) is 17.8. The highest BCUT2D eigenvalue weighted by Gasteiger charge is 2.48. The molecule has 1 aliphatic carbocycles. The van der Waals surface area contributed by atoms with Gasteiger partial charge in [-0.25, -0.2) is 0 Å². The van der Waals surface area contributed by atoms with Crippen molar-refractivity contribution < 1.29 is 19.2 Å². The summed E-state index contributed by atoms with van der Waals surface area (Å²) < 4.78 is 0. The molecule has 3 aromatic carbocycles. The zero-order valence-corrected chi connectivity index (χ0v) is 20.7. The molecule has 1 fully saturated rings. The summed E-state index contributed by atoms with van der Waals surface area (Å²) in [7, 11) is 0. The van der Waals surface area contributed by atoms with Crippen LogP contribution in [0.2, 0.25) is 0 Å². The maximum absolute atomic E-state index is 13.0. The highest BCUT2D eigenvalue weighted by atomic mass is 16.2. The highest BCUT2D eigenvalue weighted by Crippen LogP contribution is 2.39. The van der Waals surface area contributed by atoms with Gasteiger partial charge in [0, 0.05) is 22.5 Å². The van der Waals surface area contributed by atoms with E-state index < -0.39 is 0 Å². The van der Waals surface area contributed by atoms with Crippen molar-refractivity contribution >= 4 is 40.7 Å². The van der Waals surface area contributed by atoms with Crippen LogP contribution in [0.3, 0.4) is 0 Å². The first kappa shape index (κ1) is 24.2. The number of rotatable bonds is 5. The summed E-state index contributed by atoms with van der Waals surface area (Å²) in [6.07, 6.45) is 3.19. The SMILES string of the molecule is CC1=CC[C@H]2C(=O)N(c3cccc(C(=O)Nc4ccc(NC(=O)c5ccc(C)cc5)cc4)c3)C(=O)[C@@H]2C1. The van der Waals surface area contributed by atoms with E-state index in [2.05, 4.69) is 10.6 Å². The van der Waals surface area contributed by atoms with E-state index in [-0.39, 0.29) is 35.5 Å². The number of hydrogen-bond donors (Lipinski definition) is 2. The van der Waals surface area contributed by atoms with E-state index in [0.717, 1.165) is 11.1 Å². The number of nitrogens with zero attached hydrogens (tertiary/aromatic N) is 1. The van der Waals surface area contributed by atoms with Gasteiger partial charge in [-0.3, -0.25) is 24.1 Å². The fraction of sp³-hybridized carbons (Fsp3) is 0.200. The Morgan fingerprint density at radius 2 is 1.35 bits per heavy atom. The molecule has 0 saturated carbocycles. The van der Waals surface area contributed by atoms with E-state index >= 15 is 0 Å². The minimum atomic E-state index is -0.368. The summed E-state index contributed by atoms with van der Waals surface area (Å²) in [5.41, 5.74) is 4.64. The van der Waals surface area contributed by atoms with Gasteiger partial charge in [-0.2, -0.15) is 0 Å². The number of carbonyl (C=O) groups excluding carboxylic acids is 4. The quantitative estimate of drug-likeness (QED) is 0.370. The lowest BCUT2D eigenvalue weighted by molar-refractivity contribution is -0.122. The van der Waals surface area contributed by atoms with Crippen molar-refractivity contribution in [2.24, 2.45) is 11.8 Å². The molecule has 0 aromatic heterocycles. The van der Waals surface area contributed by atoms with Gasteiger partial charge >= 0.3 is 0 Å². The molecule has 37 heavy (non-hydrogen) atoms. The highest BCUT2D eigenvalue weighted by molar-refractivity contribution is 6.22. The predicted octanol–water partition coefficient (Wildman–Crippen LogP) is 5.35. The number of anilines is 3. The van der Waals surface area contributed by atoms with E-state index in [4.69, 9.17) is 0 Å². The number of hydrogen-bond acceptors (Lipinski definition) is 4. The molecule has 2 N–H and O–H groups in total. The molecule has 0 unspecified atom stereocenters. The number of imide groups is 1. The summed E-state index contributed by atoms with van der Waals surface area (Å²) >= 11 is 0. The molecular weight excluding hydrogens is 466 g/mol. The Morgan fingerprint density at radius 3 is 2.00 bits per heavy atom. The zero-order valence-electron chi connectivity index (χ0n) is 20.7. The van der Waals surface area contributed by atoms with Crippen molar-refractivity contribution in [3.05, 3.63) is 101 Å². The van der Waals surface area contributed by atoms with Crippen LogP contribution in [0.4, 0.5) is 17.1 Å². The number of allylic oxidation sites excluding steroid dienone is 2. The summed E-state index contributed by atoms with van der Waals surface area (Å²) in [6.45, 7) is 3.94. The second-order valence-corrected chi connectivity index (χ2v) is 9.62. The molecule has 7 heteroatoms. The number of fused-ring (bicyclic) bond motifs is 1. The van der Waals surface area contributed by atoms with Crippen LogP contribution in [0.25, 0.3) is 0 Å². The molecule has 0 spiro atoms. The van der Waals surface area contributed by atoms with Crippen molar-refractivity contribution in [3.8, 4) is 0 Å². The third-order valence-electron chi connectivity index (χ3n) is 6.90. The summed E-state index contributed by atoms with van der Waals surface area (Å²) in [5.74, 6) is -1.67. The fourth-order valence-electron chi connectivity index (χ4n) is 4.83. The molecule has 186 valence electrons. The minimum Gasteiger partial charge on any atom is -0.322 e. The number of benzene rings is 3. The Hall–Kier alpha value is -4.52. The van der Waals surface area contributed by atoms with E-state index in [9.17, 15) is 19.2 Å². The van der Waals surface area contributed by atoms with Gasteiger partial charge < -0.3 is 10.6 Å². The first-order valence-electron chi connectivity index (χ1n) is 12.2. The summed E-state index contributed by atoms with van der Waals surface area (Å²) in [4.78, 5) is 52.6. The topological polar surface area (TPSA) is 95.6 Å². The fourth-order valence-corrected chi connectivity index (χ4v) is 4.83. The summed E-state index contributed by atoms with van der Waals surface area (Å²) in [6, 6.07) is 20.6. The molecule has 2 atom stereocenters. The largest absolute Gasteiger partial charge is 0.322 e. The maximum atomic E-state index is 13.0. The van der Waals surface area contributed by atoms with Crippen molar-refractivity contribution in [3.63, 3.8) is 0 Å². The molecule has 1 saturated heterocycles. The molecule has 7 nitrogen and oxygen atoms in total. The molecule has 0 bridgehead atoms. The molecule has 2 aliphatic rings. The molecule has 4 amide bonds. The van der Waals surface area contributed by atoms with Crippen LogP contribution in [0.1, 0.15) is 46.0 Å². The third-order valence-corrected chi connectivity index (χ3v) is 6.90. The molecule has 1 heterocycles. The predicted molar refractivity (Wildman–Crippen MR) is 142 cm³/mol. The van der Waals surface area contributed by atoms with Crippen molar-refractivity contribution in [2.75, 3.05) is 15.5 Å². The Labute approximate surface area is 215 Å². The average Bonchev–Trinajstić information content (AvgIpc) is 3.14. The lowest BCUT2D eigenvalue weighted by Gasteiger charge is -2.18. The van der Waals surface area contributed by atoms with Crippen molar-refractivity contribution in [2.45, 2.75) is 26.7 Å². The van der Waals surface area contributed by atoms with Gasteiger partial charge in [0.1, 0.15) is 0 Å². The number of amides is 4. The van der Waals surface area contributed by atoms with Crippen LogP contribution in [0.5, 0.6) is 0 Å². The van der Waals surface area contributed by atoms with Crippen LogP contribution in [-0.4, -0.2) is 23.6 Å². The normalized spacial score (nSPS) is 18.8.